The van der Waals surface area contributed by atoms with Gasteiger partial charge in [0.15, 0.2) is 5.78 Å². The first-order chi connectivity index (χ1) is 18.7. The van der Waals surface area contributed by atoms with Gasteiger partial charge in [0, 0.05) is 45.7 Å². The number of nitrogens with zero attached hydrogens (tertiary/aromatic N) is 1. The summed E-state index contributed by atoms with van der Waals surface area (Å²) in [5.41, 5.74) is 5.20. The molecule has 1 N–H and O–H groups in total. The summed E-state index contributed by atoms with van der Waals surface area (Å²) >= 11 is 1.53. The van der Waals surface area contributed by atoms with Crippen molar-refractivity contribution in [3.8, 4) is 21.9 Å². The van der Waals surface area contributed by atoms with E-state index in [0.717, 1.165) is 58.8 Å². The molecule has 0 saturated heterocycles. The van der Waals surface area contributed by atoms with Gasteiger partial charge in [-0.2, -0.15) is 0 Å². The number of thiophene rings is 1. The Morgan fingerprint density at radius 1 is 0.895 bits per heavy atom. The summed E-state index contributed by atoms with van der Waals surface area (Å²) in [5, 5.41) is 10.9. The highest BCUT2D eigenvalue weighted by Crippen LogP contribution is 2.41. The highest BCUT2D eigenvalue weighted by molar-refractivity contribution is 7.22. The molecule has 190 valence electrons. The van der Waals surface area contributed by atoms with Gasteiger partial charge in [-0.15, -0.1) is 11.3 Å². The Bertz CT molecular complexity index is 1570. The highest BCUT2D eigenvalue weighted by atomic mass is 32.1. The number of fused-ring (bicyclic) bond motifs is 2. The van der Waals surface area contributed by atoms with E-state index in [4.69, 9.17) is 4.74 Å². The molecule has 0 amide bonds. The fourth-order valence-electron chi connectivity index (χ4n) is 5.17. The number of phenols is 1. The number of carbonyl (C=O) groups is 1. The quantitative estimate of drug-likeness (QED) is 0.172. The first kappa shape index (κ1) is 24.4. The van der Waals surface area contributed by atoms with Crippen molar-refractivity contribution in [2.45, 2.75) is 19.4 Å². The number of rotatable bonds is 8. The first-order valence-electron chi connectivity index (χ1n) is 13.0. The van der Waals surface area contributed by atoms with E-state index in [-0.39, 0.29) is 11.5 Å². The van der Waals surface area contributed by atoms with Crippen molar-refractivity contribution in [3.63, 3.8) is 0 Å². The fraction of sp³-hybridized carbons (Fsp3) is 0.182. The lowest BCUT2D eigenvalue weighted by Crippen LogP contribution is -2.31. The zero-order chi connectivity index (χ0) is 25.9. The topological polar surface area (TPSA) is 49.8 Å². The van der Waals surface area contributed by atoms with Gasteiger partial charge in [0.2, 0.25) is 0 Å². The van der Waals surface area contributed by atoms with E-state index >= 15 is 0 Å². The van der Waals surface area contributed by atoms with Crippen molar-refractivity contribution >= 4 is 27.2 Å². The smallest absolute Gasteiger partial charge is 0.195 e. The van der Waals surface area contributed by atoms with Crippen molar-refractivity contribution < 1.29 is 14.6 Å². The Morgan fingerprint density at radius 3 is 2.47 bits per heavy atom. The summed E-state index contributed by atoms with van der Waals surface area (Å²) in [7, 11) is 0. The second-order valence-electron chi connectivity index (χ2n) is 9.70. The minimum Gasteiger partial charge on any atom is -0.508 e. The van der Waals surface area contributed by atoms with Gasteiger partial charge in [0.05, 0.1) is 6.61 Å². The van der Waals surface area contributed by atoms with E-state index in [1.165, 1.54) is 22.5 Å². The van der Waals surface area contributed by atoms with Crippen LogP contribution in [0.3, 0.4) is 0 Å². The maximum atomic E-state index is 13.7. The molecule has 4 nitrogen and oxygen atoms in total. The van der Waals surface area contributed by atoms with Gasteiger partial charge in [-0.3, -0.25) is 9.69 Å². The molecule has 6 rings (SSSR count). The molecule has 4 aromatic carbocycles. The summed E-state index contributed by atoms with van der Waals surface area (Å²) in [6, 6.07) is 31.3. The lowest BCUT2D eigenvalue weighted by Gasteiger charge is -2.28. The summed E-state index contributed by atoms with van der Waals surface area (Å²) in [4.78, 5) is 17.1. The molecule has 0 aliphatic carbocycles. The van der Waals surface area contributed by atoms with Crippen LogP contribution in [0.1, 0.15) is 33.5 Å². The molecule has 0 atom stereocenters. The number of hydrogen-bond acceptors (Lipinski definition) is 5. The molecule has 0 saturated carbocycles. The zero-order valence-electron chi connectivity index (χ0n) is 21.1. The van der Waals surface area contributed by atoms with E-state index in [0.29, 0.717) is 17.7 Å². The van der Waals surface area contributed by atoms with Crippen molar-refractivity contribution in [1.29, 1.82) is 0 Å². The first-order valence-corrected chi connectivity index (χ1v) is 13.8. The van der Waals surface area contributed by atoms with Crippen LogP contribution >= 0.6 is 11.3 Å². The predicted octanol–water partition coefficient (Wildman–Crippen LogP) is 7.33. The van der Waals surface area contributed by atoms with Gasteiger partial charge in [0.25, 0.3) is 0 Å². The van der Waals surface area contributed by atoms with Crippen LogP contribution in [-0.2, 0) is 13.0 Å². The van der Waals surface area contributed by atoms with Crippen molar-refractivity contribution in [3.05, 3.63) is 119 Å². The zero-order valence-corrected chi connectivity index (χ0v) is 21.9. The molecule has 1 aliphatic heterocycles. The highest BCUT2D eigenvalue weighted by Gasteiger charge is 2.22. The second-order valence-corrected chi connectivity index (χ2v) is 10.8. The minimum absolute atomic E-state index is 0.0299. The molecule has 0 radical (unpaired) electrons. The molecule has 1 aromatic heterocycles. The Kier molecular flexibility index (Phi) is 6.95. The summed E-state index contributed by atoms with van der Waals surface area (Å²) in [5.74, 6) is 0.940. The Hall–Kier alpha value is -3.93. The maximum absolute atomic E-state index is 13.7. The Balaban J connectivity index is 1.12. The Morgan fingerprint density at radius 2 is 1.66 bits per heavy atom. The van der Waals surface area contributed by atoms with Crippen LogP contribution in [0.15, 0.2) is 97.1 Å². The largest absolute Gasteiger partial charge is 0.508 e. The summed E-state index contributed by atoms with van der Waals surface area (Å²) in [6.07, 6.45) is 2.07. The van der Waals surface area contributed by atoms with E-state index < -0.39 is 0 Å². The predicted molar refractivity (Wildman–Crippen MR) is 154 cm³/mol. The standard InChI is InChI=1S/C33H29NO3S/c35-27-13-16-29-30(21-27)38-33(25-8-2-1-3-9-25)31(29)32(36)24-11-14-28(15-12-24)37-20-6-18-34-19-17-23-7-4-5-10-26(23)22-34/h1-5,7-16,21,35H,6,17-20,22H2. The van der Waals surface area contributed by atoms with Crippen LogP contribution in [0.4, 0.5) is 0 Å². The van der Waals surface area contributed by atoms with Gasteiger partial charge < -0.3 is 9.84 Å². The third-order valence-electron chi connectivity index (χ3n) is 7.15. The average molecular weight is 520 g/mol. The lowest BCUT2D eigenvalue weighted by molar-refractivity contribution is 0.104. The third-order valence-corrected chi connectivity index (χ3v) is 8.35. The summed E-state index contributed by atoms with van der Waals surface area (Å²) in [6.45, 7) is 3.75. The molecule has 38 heavy (non-hydrogen) atoms. The molecule has 1 aliphatic rings. The monoisotopic (exact) mass is 519 g/mol. The Labute approximate surface area is 226 Å². The van der Waals surface area contributed by atoms with Gasteiger partial charge >= 0.3 is 0 Å². The van der Waals surface area contributed by atoms with Crippen molar-refractivity contribution in [2.75, 3.05) is 19.7 Å². The lowest BCUT2D eigenvalue weighted by atomic mass is 9.97. The van der Waals surface area contributed by atoms with E-state index in [1.807, 2.05) is 60.7 Å². The average Bonchev–Trinajstić information content (AvgIpc) is 3.34. The SMILES string of the molecule is O=C(c1ccc(OCCCN2CCc3ccccc3C2)cc1)c1c(-c2ccccc2)sc2cc(O)ccc12. The van der Waals surface area contributed by atoms with E-state index in [1.54, 1.807) is 12.1 Å². The normalized spacial score (nSPS) is 13.4. The van der Waals surface area contributed by atoms with Crippen LogP contribution in [0.5, 0.6) is 11.5 Å². The summed E-state index contributed by atoms with van der Waals surface area (Å²) < 4.78 is 6.90. The van der Waals surface area contributed by atoms with E-state index in [2.05, 4.69) is 29.2 Å². The minimum atomic E-state index is -0.0299. The van der Waals surface area contributed by atoms with Crippen molar-refractivity contribution in [2.24, 2.45) is 0 Å². The number of phenolic OH excluding ortho intramolecular Hbond substituents is 1. The maximum Gasteiger partial charge on any atom is 0.195 e. The molecule has 5 aromatic rings. The van der Waals surface area contributed by atoms with Crippen LogP contribution in [-0.4, -0.2) is 35.5 Å². The molecule has 0 unspecified atom stereocenters. The molecule has 5 heteroatoms. The fourth-order valence-corrected chi connectivity index (χ4v) is 6.41. The number of hydrogen-bond donors (Lipinski definition) is 1. The number of ether oxygens (including phenoxy) is 1. The molecular formula is C33H29NO3S. The van der Waals surface area contributed by atoms with Gasteiger partial charge in [-0.1, -0.05) is 54.6 Å². The van der Waals surface area contributed by atoms with Crippen LogP contribution in [0.25, 0.3) is 20.5 Å². The number of benzene rings is 4. The van der Waals surface area contributed by atoms with Crippen LogP contribution < -0.4 is 4.74 Å². The molecule has 0 fully saturated rings. The number of aromatic hydroxyl groups is 1. The third kappa shape index (κ3) is 5.08. The number of ketones is 1. The number of carbonyl (C=O) groups excluding carboxylic acids is 1. The van der Waals surface area contributed by atoms with Gasteiger partial charge in [0.1, 0.15) is 11.5 Å². The molecule has 0 bridgehead atoms. The molecular weight excluding hydrogens is 490 g/mol. The second kappa shape index (κ2) is 10.8. The van der Waals surface area contributed by atoms with E-state index in [9.17, 15) is 9.90 Å². The van der Waals surface area contributed by atoms with Gasteiger partial charge in [-0.05, 0) is 72.0 Å². The molecule has 2 heterocycles. The molecule has 0 spiro atoms. The van der Waals surface area contributed by atoms with Gasteiger partial charge in [-0.25, -0.2) is 0 Å². The van der Waals surface area contributed by atoms with Crippen LogP contribution in [0.2, 0.25) is 0 Å². The van der Waals surface area contributed by atoms with Crippen molar-refractivity contribution in [1.82, 2.24) is 4.90 Å². The van der Waals surface area contributed by atoms with Crippen LogP contribution in [0, 0.1) is 0 Å².